The summed E-state index contributed by atoms with van der Waals surface area (Å²) in [5.41, 5.74) is 4.34. The third kappa shape index (κ3) is 2.59. The minimum Gasteiger partial charge on any atom is -0.454 e. The number of para-hydroxylation sites is 1. The Balaban J connectivity index is 1.56. The van der Waals surface area contributed by atoms with Crippen molar-refractivity contribution in [2.24, 2.45) is 0 Å². The molecule has 0 aromatic heterocycles. The predicted molar refractivity (Wildman–Crippen MR) is 90.8 cm³/mol. The van der Waals surface area contributed by atoms with Gasteiger partial charge in [0, 0.05) is 18.2 Å². The van der Waals surface area contributed by atoms with Gasteiger partial charge < -0.3 is 14.8 Å². The maximum Gasteiger partial charge on any atom is 0.231 e. The molecule has 0 bridgehead atoms. The van der Waals surface area contributed by atoms with E-state index in [0.29, 0.717) is 12.8 Å². The highest BCUT2D eigenvalue weighted by Gasteiger charge is 2.32. The average molecular weight is 309 g/mol. The lowest BCUT2D eigenvalue weighted by Crippen LogP contribution is -2.32. The summed E-state index contributed by atoms with van der Waals surface area (Å²) in [5, 5.41) is 3.73. The maximum atomic E-state index is 5.61. The second-order valence-corrected chi connectivity index (χ2v) is 7.09. The summed E-state index contributed by atoms with van der Waals surface area (Å²) in [5.74, 6) is 1.75. The molecule has 1 N–H and O–H groups in total. The molecule has 1 aliphatic carbocycles. The number of hydrogen-bond donors (Lipinski definition) is 1. The lowest BCUT2D eigenvalue weighted by molar-refractivity contribution is 0.173. The molecule has 2 aliphatic rings. The Hall–Kier alpha value is -2.00. The molecule has 3 nitrogen and oxygen atoms in total. The molecule has 0 spiro atoms. The van der Waals surface area contributed by atoms with Gasteiger partial charge in [-0.25, -0.2) is 0 Å². The molecular formula is C20H23NO2. The van der Waals surface area contributed by atoms with Crippen LogP contribution in [0.4, 0.5) is 0 Å². The zero-order valence-corrected chi connectivity index (χ0v) is 13.8. The smallest absolute Gasteiger partial charge is 0.231 e. The molecule has 2 aromatic rings. The number of benzene rings is 2. The third-order valence-corrected chi connectivity index (χ3v) is 5.14. The lowest BCUT2D eigenvalue weighted by atomic mass is 9.71. The van der Waals surface area contributed by atoms with Crippen molar-refractivity contribution in [3.05, 3.63) is 59.2 Å². The Labute approximate surface area is 137 Å². The number of hydrogen-bond acceptors (Lipinski definition) is 3. The van der Waals surface area contributed by atoms with Gasteiger partial charge in [0.25, 0.3) is 0 Å². The standard InChI is InChI=1S/C20H23NO2/c1-20(2)11-10-17(15-7-3-4-8-16(15)20)21-12-14-6-5-9-18-19(14)23-13-22-18/h3-9,17,21H,10-13H2,1-2H3/t17-/m0/s1. The molecule has 0 amide bonds. The van der Waals surface area contributed by atoms with Crippen LogP contribution in [-0.4, -0.2) is 6.79 Å². The summed E-state index contributed by atoms with van der Waals surface area (Å²) in [6, 6.07) is 15.3. The fourth-order valence-corrected chi connectivity index (χ4v) is 3.79. The molecule has 0 radical (unpaired) electrons. The van der Waals surface area contributed by atoms with Gasteiger partial charge in [-0.2, -0.15) is 0 Å². The van der Waals surface area contributed by atoms with Crippen molar-refractivity contribution in [2.45, 2.75) is 44.7 Å². The van der Waals surface area contributed by atoms with E-state index in [0.717, 1.165) is 24.5 Å². The van der Waals surface area contributed by atoms with Gasteiger partial charge in [-0.15, -0.1) is 0 Å². The van der Waals surface area contributed by atoms with Crippen LogP contribution in [0.25, 0.3) is 0 Å². The normalized spacial score (nSPS) is 21.0. The lowest BCUT2D eigenvalue weighted by Gasteiger charge is -2.37. The van der Waals surface area contributed by atoms with Crippen molar-refractivity contribution < 1.29 is 9.47 Å². The molecule has 0 saturated heterocycles. The monoisotopic (exact) mass is 309 g/mol. The molecule has 23 heavy (non-hydrogen) atoms. The van der Waals surface area contributed by atoms with Crippen molar-refractivity contribution in [3.8, 4) is 11.5 Å². The molecule has 2 aromatic carbocycles. The van der Waals surface area contributed by atoms with Crippen LogP contribution in [0.1, 0.15) is 49.4 Å². The zero-order chi connectivity index (χ0) is 15.9. The van der Waals surface area contributed by atoms with Crippen molar-refractivity contribution in [3.63, 3.8) is 0 Å². The van der Waals surface area contributed by atoms with Crippen LogP contribution < -0.4 is 14.8 Å². The predicted octanol–water partition coefficient (Wildman–Crippen LogP) is 4.32. The molecule has 1 aliphatic heterocycles. The maximum absolute atomic E-state index is 5.61. The van der Waals surface area contributed by atoms with Crippen molar-refractivity contribution >= 4 is 0 Å². The van der Waals surface area contributed by atoms with Crippen LogP contribution in [0.5, 0.6) is 11.5 Å². The van der Waals surface area contributed by atoms with E-state index < -0.39 is 0 Å². The first-order valence-corrected chi connectivity index (χ1v) is 8.35. The van der Waals surface area contributed by atoms with Crippen LogP contribution in [0.2, 0.25) is 0 Å². The summed E-state index contributed by atoms with van der Waals surface area (Å²) < 4.78 is 11.1. The zero-order valence-electron chi connectivity index (χ0n) is 13.8. The first-order chi connectivity index (χ1) is 11.1. The largest absolute Gasteiger partial charge is 0.454 e. The van der Waals surface area contributed by atoms with Crippen LogP contribution in [-0.2, 0) is 12.0 Å². The fourth-order valence-electron chi connectivity index (χ4n) is 3.79. The van der Waals surface area contributed by atoms with Gasteiger partial charge in [-0.05, 0) is 35.4 Å². The average Bonchev–Trinajstić information content (AvgIpc) is 3.04. The highest BCUT2D eigenvalue weighted by atomic mass is 16.7. The first kappa shape index (κ1) is 14.6. The summed E-state index contributed by atoms with van der Waals surface area (Å²) >= 11 is 0. The van der Waals surface area contributed by atoms with Crippen molar-refractivity contribution in [1.82, 2.24) is 5.32 Å². The van der Waals surface area contributed by atoms with E-state index >= 15 is 0 Å². The van der Waals surface area contributed by atoms with Gasteiger partial charge in [-0.3, -0.25) is 0 Å². The highest BCUT2D eigenvalue weighted by molar-refractivity contribution is 5.48. The van der Waals surface area contributed by atoms with Crippen LogP contribution >= 0.6 is 0 Å². The Bertz CT molecular complexity index is 723. The third-order valence-electron chi connectivity index (χ3n) is 5.14. The quantitative estimate of drug-likeness (QED) is 0.916. The van der Waals surface area contributed by atoms with E-state index in [1.54, 1.807) is 0 Å². The summed E-state index contributed by atoms with van der Waals surface area (Å²) in [4.78, 5) is 0. The molecule has 120 valence electrons. The van der Waals surface area contributed by atoms with E-state index in [1.165, 1.54) is 23.1 Å². The SMILES string of the molecule is CC1(C)CC[C@H](NCc2cccc3c2OCO3)c2ccccc21. The van der Waals surface area contributed by atoms with Crippen LogP contribution in [0, 0.1) is 0 Å². The van der Waals surface area contributed by atoms with Crippen molar-refractivity contribution in [1.29, 1.82) is 0 Å². The van der Waals surface area contributed by atoms with E-state index in [4.69, 9.17) is 9.47 Å². The number of fused-ring (bicyclic) bond motifs is 2. The van der Waals surface area contributed by atoms with E-state index in [1.807, 2.05) is 12.1 Å². The Morgan fingerprint density at radius 3 is 2.87 bits per heavy atom. The Kier molecular flexibility index (Phi) is 3.53. The van der Waals surface area contributed by atoms with Gasteiger partial charge in [0.15, 0.2) is 11.5 Å². The van der Waals surface area contributed by atoms with Gasteiger partial charge in [0.05, 0.1) is 0 Å². The van der Waals surface area contributed by atoms with Gasteiger partial charge in [0.1, 0.15) is 0 Å². The van der Waals surface area contributed by atoms with Gasteiger partial charge in [0.2, 0.25) is 6.79 Å². The van der Waals surface area contributed by atoms with Gasteiger partial charge >= 0.3 is 0 Å². The van der Waals surface area contributed by atoms with E-state index in [-0.39, 0.29) is 5.41 Å². The Morgan fingerprint density at radius 1 is 1.09 bits per heavy atom. The molecular weight excluding hydrogens is 286 g/mol. The van der Waals surface area contributed by atoms with E-state index in [2.05, 4.69) is 49.5 Å². The highest BCUT2D eigenvalue weighted by Crippen LogP contribution is 2.42. The second-order valence-electron chi connectivity index (χ2n) is 7.09. The molecule has 1 heterocycles. The molecule has 0 saturated carbocycles. The minimum absolute atomic E-state index is 0.264. The van der Waals surface area contributed by atoms with E-state index in [9.17, 15) is 0 Å². The first-order valence-electron chi connectivity index (χ1n) is 8.35. The number of rotatable bonds is 3. The van der Waals surface area contributed by atoms with Crippen LogP contribution in [0.15, 0.2) is 42.5 Å². The fraction of sp³-hybridized carbons (Fsp3) is 0.400. The minimum atomic E-state index is 0.264. The number of nitrogens with one attached hydrogen (secondary N) is 1. The van der Waals surface area contributed by atoms with Gasteiger partial charge in [-0.1, -0.05) is 50.2 Å². The number of ether oxygens (including phenoxy) is 2. The molecule has 0 unspecified atom stereocenters. The topological polar surface area (TPSA) is 30.5 Å². The second kappa shape index (κ2) is 5.57. The molecule has 1 atom stereocenters. The molecule has 3 heteroatoms. The Morgan fingerprint density at radius 2 is 1.96 bits per heavy atom. The summed E-state index contributed by atoms with van der Waals surface area (Å²) in [6.45, 7) is 5.81. The summed E-state index contributed by atoms with van der Waals surface area (Å²) in [6.07, 6.45) is 2.37. The molecule has 4 rings (SSSR count). The summed E-state index contributed by atoms with van der Waals surface area (Å²) in [7, 11) is 0. The van der Waals surface area contributed by atoms with Crippen LogP contribution in [0.3, 0.4) is 0 Å². The molecule has 0 fully saturated rings. The van der Waals surface area contributed by atoms with Crippen molar-refractivity contribution in [2.75, 3.05) is 6.79 Å².